The number of carbonyl (C=O) groups is 1. The number of aliphatic imine (C=N–C) groups is 1. The van der Waals surface area contributed by atoms with Gasteiger partial charge in [0.2, 0.25) is 0 Å². The van der Waals surface area contributed by atoms with Crippen LogP contribution in [0.15, 0.2) is 41.4 Å². The molecule has 0 unspecified atom stereocenters. The summed E-state index contributed by atoms with van der Waals surface area (Å²) in [6, 6.07) is 10.5. The molecule has 0 aromatic heterocycles. The van der Waals surface area contributed by atoms with Gasteiger partial charge in [-0.1, -0.05) is 6.07 Å². The molecule has 3 N–H and O–H groups in total. The van der Waals surface area contributed by atoms with Crippen LogP contribution < -0.4 is 10.5 Å². The lowest BCUT2D eigenvalue weighted by molar-refractivity contribution is 0.0605. The first-order chi connectivity index (χ1) is 12.6. The predicted octanol–water partition coefficient (Wildman–Crippen LogP) is 4.26. The molecule has 27 heavy (non-hydrogen) atoms. The lowest BCUT2D eigenvalue weighted by Crippen LogP contribution is -2.22. The number of ether oxygens (including phenoxy) is 2. The quantitative estimate of drug-likeness (QED) is 0.606. The van der Waals surface area contributed by atoms with Crippen LogP contribution in [0.2, 0.25) is 0 Å². The Hall–Kier alpha value is -3.02. The van der Waals surface area contributed by atoms with Gasteiger partial charge in [0, 0.05) is 24.4 Å². The first-order valence-electron chi connectivity index (χ1n) is 8.71. The van der Waals surface area contributed by atoms with Gasteiger partial charge in [-0.25, -0.2) is 4.79 Å². The summed E-state index contributed by atoms with van der Waals surface area (Å²) in [6.07, 6.45) is 1.39. The predicted molar refractivity (Wildman–Crippen MR) is 107 cm³/mol. The third-order valence-electron chi connectivity index (χ3n) is 3.55. The lowest BCUT2D eigenvalue weighted by atomic mass is 10.0. The van der Waals surface area contributed by atoms with Crippen molar-refractivity contribution in [2.45, 2.75) is 39.7 Å². The van der Waals surface area contributed by atoms with Crippen LogP contribution in [-0.4, -0.2) is 29.6 Å². The highest BCUT2D eigenvalue weighted by Crippen LogP contribution is 2.21. The summed E-state index contributed by atoms with van der Waals surface area (Å²) in [5.41, 5.74) is 8.42. The van der Waals surface area contributed by atoms with Crippen molar-refractivity contribution in [2.75, 3.05) is 12.3 Å². The Morgan fingerprint density at radius 2 is 1.96 bits per heavy atom. The molecule has 144 valence electrons. The van der Waals surface area contributed by atoms with Crippen LogP contribution in [-0.2, 0) is 11.2 Å². The summed E-state index contributed by atoms with van der Waals surface area (Å²) >= 11 is 0. The second-order valence-electron chi connectivity index (χ2n) is 7.30. The molecule has 0 fully saturated rings. The van der Waals surface area contributed by atoms with Gasteiger partial charge in [0.1, 0.15) is 17.1 Å². The fourth-order valence-electron chi connectivity index (χ4n) is 2.46. The summed E-state index contributed by atoms with van der Waals surface area (Å²) in [5.74, 6) is 0.773. The molecule has 2 aromatic rings. The molecule has 0 aliphatic carbocycles. The minimum Gasteiger partial charge on any atom is -0.508 e. The standard InChI is InChI=1S/C21H26N2O4/c1-14-9-18(24)12-19(10-14)26-8-7-15-5-6-17(22)11-16(15)13-23-20(25)27-21(2,3)4/h5-6,9-13,24H,7-8,22H2,1-4H3. The van der Waals surface area contributed by atoms with Gasteiger partial charge in [-0.3, -0.25) is 0 Å². The maximum atomic E-state index is 11.8. The minimum absolute atomic E-state index is 0.169. The van der Waals surface area contributed by atoms with E-state index in [1.165, 1.54) is 6.21 Å². The van der Waals surface area contributed by atoms with E-state index >= 15 is 0 Å². The number of benzene rings is 2. The first-order valence-corrected chi connectivity index (χ1v) is 8.71. The highest BCUT2D eigenvalue weighted by atomic mass is 16.6. The van der Waals surface area contributed by atoms with Crippen molar-refractivity contribution in [3.63, 3.8) is 0 Å². The summed E-state index contributed by atoms with van der Waals surface area (Å²) in [5, 5.41) is 9.63. The maximum Gasteiger partial charge on any atom is 0.434 e. The summed E-state index contributed by atoms with van der Waals surface area (Å²) in [6.45, 7) is 7.64. The molecule has 2 aromatic carbocycles. The number of nitrogens with two attached hydrogens (primary N) is 1. The molecule has 1 amide bonds. The molecule has 0 saturated carbocycles. The Balaban J connectivity index is 2.05. The molecule has 0 bridgehead atoms. The largest absolute Gasteiger partial charge is 0.508 e. The average Bonchev–Trinajstić information content (AvgIpc) is 2.52. The zero-order valence-corrected chi connectivity index (χ0v) is 16.2. The van der Waals surface area contributed by atoms with Crippen molar-refractivity contribution in [3.8, 4) is 11.5 Å². The van der Waals surface area contributed by atoms with Gasteiger partial charge in [0.25, 0.3) is 0 Å². The SMILES string of the molecule is Cc1cc(O)cc(OCCc2ccc(N)cc2C=NC(=O)OC(C)(C)C)c1. The van der Waals surface area contributed by atoms with Crippen molar-refractivity contribution < 1.29 is 19.4 Å². The Morgan fingerprint density at radius 1 is 1.22 bits per heavy atom. The second kappa shape index (κ2) is 8.58. The number of aryl methyl sites for hydroxylation is 1. The van der Waals surface area contributed by atoms with E-state index in [9.17, 15) is 9.90 Å². The number of aromatic hydroxyl groups is 1. The first kappa shape index (κ1) is 20.3. The van der Waals surface area contributed by atoms with E-state index in [1.807, 2.05) is 19.1 Å². The van der Waals surface area contributed by atoms with Crippen LogP contribution in [0.3, 0.4) is 0 Å². The van der Waals surface area contributed by atoms with E-state index < -0.39 is 11.7 Å². The average molecular weight is 370 g/mol. The van der Waals surface area contributed by atoms with Crippen molar-refractivity contribution in [2.24, 2.45) is 4.99 Å². The Bertz CT molecular complexity index is 818. The van der Waals surface area contributed by atoms with Crippen molar-refractivity contribution >= 4 is 18.0 Å². The summed E-state index contributed by atoms with van der Waals surface area (Å²) in [7, 11) is 0. The molecule has 2 rings (SSSR count). The zero-order chi connectivity index (χ0) is 20.0. The van der Waals surface area contributed by atoms with E-state index in [1.54, 1.807) is 45.0 Å². The minimum atomic E-state index is -0.651. The normalized spacial score (nSPS) is 11.6. The molecule has 0 spiro atoms. The number of amides is 1. The molecular formula is C21H26N2O4. The molecular weight excluding hydrogens is 344 g/mol. The third-order valence-corrected chi connectivity index (χ3v) is 3.55. The van der Waals surface area contributed by atoms with Crippen LogP contribution in [0.4, 0.5) is 10.5 Å². The van der Waals surface area contributed by atoms with Crippen LogP contribution in [0.1, 0.15) is 37.5 Å². The van der Waals surface area contributed by atoms with Gasteiger partial charge in [-0.15, -0.1) is 0 Å². The zero-order valence-electron chi connectivity index (χ0n) is 16.2. The fraction of sp³-hybridized carbons (Fsp3) is 0.333. The molecule has 0 radical (unpaired) electrons. The number of nitrogen functional groups attached to an aromatic ring is 1. The van der Waals surface area contributed by atoms with Gasteiger partial charge < -0.3 is 20.3 Å². The Kier molecular flexibility index (Phi) is 6.45. The molecule has 0 aliphatic rings. The maximum absolute atomic E-state index is 11.8. The fourth-order valence-corrected chi connectivity index (χ4v) is 2.46. The van der Waals surface area contributed by atoms with Crippen LogP contribution in [0.5, 0.6) is 11.5 Å². The number of carbonyl (C=O) groups excluding carboxylic acids is 1. The molecule has 6 nitrogen and oxygen atoms in total. The molecule has 0 saturated heterocycles. The van der Waals surface area contributed by atoms with Crippen LogP contribution >= 0.6 is 0 Å². The number of hydrogen-bond acceptors (Lipinski definition) is 5. The number of nitrogens with zero attached hydrogens (tertiary/aromatic N) is 1. The molecule has 0 aliphatic heterocycles. The van der Waals surface area contributed by atoms with E-state index in [0.29, 0.717) is 24.5 Å². The molecule has 6 heteroatoms. The van der Waals surface area contributed by atoms with Gasteiger partial charge in [0.15, 0.2) is 0 Å². The van der Waals surface area contributed by atoms with E-state index in [4.69, 9.17) is 15.2 Å². The highest BCUT2D eigenvalue weighted by molar-refractivity contribution is 5.91. The monoisotopic (exact) mass is 370 g/mol. The van der Waals surface area contributed by atoms with Crippen molar-refractivity contribution in [1.29, 1.82) is 0 Å². The number of phenols is 1. The van der Waals surface area contributed by atoms with Crippen molar-refractivity contribution in [3.05, 3.63) is 53.1 Å². The Labute approximate surface area is 159 Å². The van der Waals surface area contributed by atoms with E-state index in [2.05, 4.69) is 4.99 Å². The van der Waals surface area contributed by atoms with Crippen LogP contribution in [0.25, 0.3) is 0 Å². The van der Waals surface area contributed by atoms with Crippen molar-refractivity contribution in [1.82, 2.24) is 0 Å². The molecule has 0 atom stereocenters. The van der Waals surface area contributed by atoms with E-state index in [-0.39, 0.29) is 5.75 Å². The topological polar surface area (TPSA) is 94.1 Å². The van der Waals surface area contributed by atoms with Gasteiger partial charge in [-0.05, 0) is 68.7 Å². The highest BCUT2D eigenvalue weighted by Gasteiger charge is 2.15. The van der Waals surface area contributed by atoms with Gasteiger partial charge >= 0.3 is 6.09 Å². The summed E-state index contributed by atoms with van der Waals surface area (Å²) < 4.78 is 10.9. The third kappa shape index (κ3) is 7.01. The second-order valence-corrected chi connectivity index (χ2v) is 7.30. The van der Waals surface area contributed by atoms with Gasteiger partial charge in [0.05, 0.1) is 6.61 Å². The number of anilines is 1. The smallest absolute Gasteiger partial charge is 0.434 e. The Morgan fingerprint density at radius 3 is 2.63 bits per heavy atom. The van der Waals surface area contributed by atoms with E-state index in [0.717, 1.165) is 16.7 Å². The number of hydrogen-bond donors (Lipinski definition) is 2. The lowest BCUT2D eigenvalue weighted by Gasteiger charge is -2.17. The van der Waals surface area contributed by atoms with Gasteiger partial charge in [-0.2, -0.15) is 4.99 Å². The number of rotatable bonds is 5. The molecule has 0 heterocycles. The summed E-state index contributed by atoms with van der Waals surface area (Å²) in [4.78, 5) is 15.6. The van der Waals surface area contributed by atoms with Crippen LogP contribution in [0, 0.1) is 6.92 Å². The number of phenolic OH excluding ortho intramolecular Hbond substituents is 1.